The summed E-state index contributed by atoms with van der Waals surface area (Å²) in [5.41, 5.74) is 2.45. The van der Waals surface area contributed by atoms with Crippen molar-refractivity contribution in [2.75, 3.05) is 19.7 Å². The quantitative estimate of drug-likeness (QED) is 0.477. The minimum absolute atomic E-state index is 0.0311. The number of carbonyl (C=O) groups is 1. The number of hydrogen-bond donors (Lipinski definition) is 1. The van der Waals surface area contributed by atoms with Crippen LogP contribution < -0.4 is 14.8 Å². The van der Waals surface area contributed by atoms with E-state index in [4.69, 9.17) is 9.47 Å². The number of ether oxygens (including phenoxy) is 2. The van der Waals surface area contributed by atoms with Gasteiger partial charge in [-0.2, -0.15) is 0 Å². The molecule has 1 N–H and O–H groups in total. The maximum atomic E-state index is 13.1. The topological polar surface area (TPSA) is 63.7 Å². The molecule has 3 aliphatic rings. The largest absolute Gasteiger partial charge is 0.486 e. The number of hydrogen-bond acceptors (Lipinski definition) is 6. The van der Waals surface area contributed by atoms with Crippen LogP contribution in [0.15, 0.2) is 18.2 Å². The Kier molecular flexibility index (Phi) is 7.47. The van der Waals surface area contributed by atoms with E-state index in [1.165, 1.54) is 11.3 Å². The van der Waals surface area contributed by atoms with Crippen LogP contribution in [0.1, 0.15) is 79.4 Å². The summed E-state index contributed by atoms with van der Waals surface area (Å²) in [4.78, 5) is 21.1. The Morgan fingerprint density at radius 3 is 2.84 bits per heavy atom. The molecule has 1 saturated carbocycles. The van der Waals surface area contributed by atoms with Crippen molar-refractivity contribution in [2.24, 2.45) is 5.92 Å². The fraction of sp³-hybridized carbons (Fsp3) is 0.643. The lowest BCUT2D eigenvalue weighted by Crippen LogP contribution is -2.38. The fourth-order valence-electron chi connectivity index (χ4n) is 5.69. The third kappa shape index (κ3) is 6.60. The summed E-state index contributed by atoms with van der Waals surface area (Å²) in [6.45, 7) is 7.05. The molecule has 5 rings (SSSR count). The smallest absolute Gasteiger partial charge is 0.278 e. The number of carbonyl (C=O) groups excluding carboxylic acids is 1. The molecule has 1 aromatic heterocycles. The van der Waals surface area contributed by atoms with Gasteiger partial charge in [-0.25, -0.2) is 13.8 Å². The van der Waals surface area contributed by atoms with Crippen LogP contribution >= 0.6 is 11.3 Å². The third-order valence-electron chi connectivity index (χ3n) is 7.61. The van der Waals surface area contributed by atoms with E-state index in [1.54, 1.807) is 0 Å². The Labute approximate surface area is 221 Å². The number of nitrogens with zero attached hydrogens (tertiary/aromatic N) is 2. The molecule has 0 radical (unpaired) electrons. The summed E-state index contributed by atoms with van der Waals surface area (Å²) in [7, 11) is 0. The van der Waals surface area contributed by atoms with Crippen molar-refractivity contribution in [3.63, 3.8) is 0 Å². The predicted molar refractivity (Wildman–Crippen MR) is 140 cm³/mol. The number of amides is 1. The first-order chi connectivity index (χ1) is 17.5. The summed E-state index contributed by atoms with van der Waals surface area (Å²) >= 11 is 1.40. The summed E-state index contributed by atoms with van der Waals surface area (Å²) in [6, 6.07) is 6.06. The number of para-hydroxylation sites is 1. The zero-order valence-electron chi connectivity index (χ0n) is 21.9. The highest BCUT2D eigenvalue weighted by Gasteiger charge is 2.34. The van der Waals surface area contributed by atoms with E-state index in [0.29, 0.717) is 16.7 Å². The van der Waals surface area contributed by atoms with Gasteiger partial charge in [0.2, 0.25) is 0 Å². The first-order valence-electron chi connectivity index (χ1n) is 13.4. The lowest BCUT2D eigenvalue weighted by Gasteiger charge is -2.32. The zero-order valence-corrected chi connectivity index (χ0v) is 22.8. The van der Waals surface area contributed by atoms with Gasteiger partial charge >= 0.3 is 0 Å². The van der Waals surface area contributed by atoms with Crippen molar-refractivity contribution in [3.05, 3.63) is 39.9 Å². The Bertz CT molecular complexity index is 1120. The average Bonchev–Trinajstić information content (AvgIpc) is 3.39. The molecular weight excluding hydrogens is 496 g/mol. The molecule has 9 heteroatoms. The maximum Gasteiger partial charge on any atom is 0.278 e. The van der Waals surface area contributed by atoms with Crippen LogP contribution in [-0.2, 0) is 19.4 Å². The zero-order chi connectivity index (χ0) is 26.2. The standard InChI is InChI=1S/C28H37F2N3O3S/c1-27(2)15-19-5-4-6-21(24(19)36-27)25(34)31-20-9-7-18(8-10-20)11-13-33-14-12-23-22(16-33)32-26(37-23)35-17-28(3,29)30/h4-6,18,20H,7-17H2,1-3H3,(H,31,34)/t18-,20-. The van der Waals surface area contributed by atoms with Gasteiger partial charge in [0.05, 0.1) is 11.3 Å². The van der Waals surface area contributed by atoms with Crippen molar-refractivity contribution in [1.82, 2.24) is 15.2 Å². The molecule has 1 aromatic carbocycles. The lowest BCUT2D eigenvalue weighted by atomic mass is 9.84. The molecule has 2 aliphatic heterocycles. The third-order valence-corrected chi connectivity index (χ3v) is 8.68. The van der Waals surface area contributed by atoms with Crippen LogP contribution in [0.4, 0.5) is 8.78 Å². The van der Waals surface area contributed by atoms with Crippen LogP contribution in [0.25, 0.3) is 0 Å². The van der Waals surface area contributed by atoms with E-state index < -0.39 is 12.5 Å². The van der Waals surface area contributed by atoms with E-state index in [2.05, 4.69) is 29.0 Å². The predicted octanol–water partition coefficient (Wildman–Crippen LogP) is 5.63. The first-order valence-corrected chi connectivity index (χ1v) is 14.2. The maximum absolute atomic E-state index is 13.1. The highest BCUT2D eigenvalue weighted by molar-refractivity contribution is 7.13. The fourth-order valence-corrected chi connectivity index (χ4v) is 6.59. The van der Waals surface area contributed by atoms with Crippen molar-refractivity contribution in [1.29, 1.82) is 0 Å². The Hall–Kier alpha value is -2.26. The van der Waals surface area contributed by atoms with Crippen molar-refractivity contribution in [2.45, 2.75) is 89.8 Å². The summed E-state index contributed by atoms with van der Waals surface area (Å²) in [5, 5.41) is 3.61. The van der Waals surface area contributed by atoms with Gasteiger partial charge in [0.15, 0.2) is 6.61 Å². The highest BCUT2D eigenvalue weighted by atomic mass is 32.1. The van der Waals surface area contributed by atoms with Crippen LogP contribution in [0.2, 0.25) is 0 Å². The monoisotopic (exact) mass is 533 g/mol. The Morgan fingerprint density at radius 1 is 1.30 bits per heavy atom. The SMILES string of the molecule is CC(F)(F)COc1nc2c(s1)CCN(CC[C@H]1CC[C@H](NC(=O)c3cccc4c3OC(C)(C)C4)CC1)C2. The Balaban J connectivity index is 1.05. The van der Waals surface area contributed by atoms with Crippen LogP contribution in [-0.4, -0.2) is 53.1 Å². The molecule has 0 saturated heterocycles. The van der Waals surface area contributed by atoms with Gasteiger partial charge in [0.1, 0.15) is 11.4 Å². The van der Waals surface area contributed by atoms with Gasteiger partial charge in [-0.15, -0.1) is 0 Å². The molecule has 2 aromatic rings. The Morgan fingerprint density at radius 2 is 2.08 bits per heavy atom. The van der Waals surface area contributed by atoms with Crippen molar-refractivity contribution in [3.8, 4) is 10.9 Å². The van der Waals surface area contributed by atoms with Gasteiger partial charge in [-0.3, -0.25) is 9.69 Å². The first kappa shape index (κ1) is 26.4. The summed E-state index contributed by atoms with van der Waals surface area (Å²) < 4.78 is 37.5. The number of alkyl halides is 2. The van der Waals surface area contributed by atoms with Gasteiger partial charge in [0.25, 0.3) is 17.0 Å². The summed E-state index contributed by atoms with van der Waals surface area (Å²) in [6.07, 6.45) is 7.05. The molecule has 6 nitrogen and oxygen atoms in total. The molecule has 1 aliphatic carbocycles. The second kappa shape index (κ2) is 10.5. The van der Waals surface area contributed by atoms with E-state index in [9.17, 15) is 13.6 Å². The number of rotatable bonds is 8. The minimum atomic E-state index is -2.85. The second-order valence-corrected chi connectivity index (χ2v) is 12.6. The molecular formula is C28H37F2N3O3S. The average molecular weight is 534 g/mol. The van der Waals surface area contributed by atoms with Gasteiger partial charge < -0.3 is 14.8 Å². The van der Waals surface area contributed by atoms with E-state index in [-0.39, 0.29) is 17.6 Å². The number of benzene rings is 1. The molecule has 37 heavy (non-hydrogen) atoms. The molecule has 1 amide bonds. The number of fused-ring (bicyclic) bond motifs is 2. The lowest BCUT2D eigenvalue weighted by molar-refractivity contribution is -0.0230. The highest BCUT2D eigenvalue weighted by Crippen LogP contribution is 2.38. The molecule has 1 fully saturated rings. The van der Waals surface area contributed by atoms with Crippen LogP contribution in [0.5, 0.6) is 10.9 Å². The van der Waals surface area contributed by atoms with E-state index in [0.717, 1.165) is 93.4 Å². The van der Waals surface area contributed by atoms with Crippen LogP contribution in [0, 0.1) is 5.92 Å². The number of thiazole rings is 1. The number of nitrogens with one attached hydrogen (secondary N) is 1. The molecule has 3 heterocycles. The van der Waals surface area contributed by atoms with Gasteiger partial charge in [-0.05, 0) is 76.5 Å². The normalized spacial score (nSPS) is 23.2. The number of aromatic nitrogens is 1. The summed E-state index contributed by atoms with van der Waals surface area (Å²) in [5.74, 6) is -1.49. The van der Waals surface area contributed by atoms with Crippen molar-refractivity contribution >= 4 is 17.2 Å². The molecule has 202 valence electrons. The number of halogens is 2. The molecule has 0 bridgehead atoms. The van der Waals surface area contributed by atoms with Crippen molar-refractivity contribution < 1.29 is 23.0 Å². The van der Waals surface area contributed by atoms with E-state index >= 15 is 0 Å². The van der Waals surface area contributed by atoms with Crippen LogP contribution in [0.3, 0.4) is 0 Å². The van der Waals surface area contributed by atoms with Gasteiger partial charge in [-0.1, -0.05) is 23.5 Å². The minimum Gasteiger partial charge on any atom is -0.486 e. The second-order valence-electron chi connectivity index (χ2n) is 11.5. The molecule has 0 unspecified atom stereocenters. The van der Waals surface area contributed by atoms with E-state index in [1.807, 2.05) is 18.2 Å². The molecule has 0 atom stereocenters. The molecule has 0 spiro atoms. The van der Waals surface area contributed by atoms with Gasteiger partial charge in [0, 0.05) is 37.4 Å².